The van der Waals surface area contributed by atoms with Crippen molar-refractivity contribution >= 4 is 17.7 Å². The number of carbonyl (C=O) groups excluding carboxylic acids is 1. The molecular weight excluding hydrogens is 262 g/mol. The van der Waals surface area contributed by atoms with Crippen LogP contribution in [0.15, 0.2) is 0 Å². The Balaban J connectivity index is 2.48. The molecule has 0 radical (unpaired) electrons. The summed E-state index contributed by atoms with van der Waals surface area (Å²) < 4.78 is 10.3. The molecule has 0 aromatic rings. The van der Waals surface area contributed by atoms with Crippen LogP contribution in [0.2, 0.25) is 0 Å². The summed E-state index contributed by atoms with van der Waals surface area (Å²) in [5.41, 5.74) is -0.447. The highest BCUT2D eigenvalue weighted by atomic mass is 32.2. The third kappa shape index (κ3) is 4.36. The number of thioether (sulfide) groups is 1. The molecule has 0 amide bonds. The van der Waals surface area contributed by atoms with E-state index in [0.29, 0.717) is 12.5 Å². The quantitative estimate of drug-likeness (QED) is 0.520. The van der Waals surface area contributed by atoms with Gasteiger partial charge < -0.3 is 14.8 Å². The van der Waals surface area contributed by atoms with Gasteiger partial charge in [0.05, 0.1) is 13.2 Å². The molecule has 0 heterocycles. The lowest BCUT2D eigenvalue weighted by Gasteiger charge is -2.32. The van der Waals surface area contributed by atoms with Crippen molar-refractivity contribution in [3.05, 3.63) is 0 Å². The van der Waals surface area contributed by atoms with E-state index >= 15 is 0 Å². The van der Waals surface area contributed by atoms with E-state index in [9.17, 15) is 4.79 Å². The minimum atomic E-state index is -0.447. The maximum absolute atomic E-state index is 12.2. The molecule has 0 bridgehead atoms. The maximum Gasteiger partial charge on any atom is 0.326 e. The van der Waals surface area contributed by atoms with Gasteiger partial charge in [-0.1, -0.05) is 6.42 Å². The van der Waals surface area contributed by atoms with Gasteiger partial charge in [0, 0.05) is 12.9 Å². The molecule has 19 heavy (non-hydrogen) atoms. The van der Waals surface area contributed by atoms with Gasteiger partial charge in [-0.15, -0.1) is 0 Å². The Morgan fingerprint density at radius 1 is 1.47 bits per heavy atom. The second-order valence-corrected chi connectivity index (χ2v) is 6.15. The van der Waals surface area contributed by atoms with Gasteiger partial charge in [-0.25, -0.2) is 0 Å². The summed E-state index contributed by atoms with van der Waals surface area (Å²) in [7, 11) is 3.61. The third-order valence-electron chi connectivity index (χ3n) is 3.95. The van der Waals surface area contributed by atoms with Crippen LogP contribution < -0.4 is 5.32 Å². The number of hydrogen-bond acceptors (Lipinski definition) is 5. The lowest BCUT2D eigenvalue weighted by atomic mass is 9.85. The van der Waals surface area contributed by atoms with Gasteiger partial charge >= 0.3 is 5.97 Å². The first-order valence-corrected chi connectivity index (χ1v) is 8.29. The zero-order chi connectivity index (χ0) is 14.1. The molecular formula is C14H27NO3S. The average molecular weight is 289 g/mol. The maximum atomic E-state index is 12.2. The number of hydrogen-bond donors (Lipinski definition) is 1. The second kappa shape index (κ2) is 8.82. The Morgan fingerprint density at radius 3 is 2.89 bits per heavy atom. The lowest BCUT2D eigenvalue weighted by molar-refractivity contribution is -0.152. The van der Waals surface area contributed by atoms with Crippen LogP contribution >= 0.6 is 11.8 Å². The lowest BCUT2D eigenvalue weighted by Crippen LogP contribution is -2.54. The van der Waals surface area contributed by atoms with E-state index in [-0.39, 0.29) is 5.97 Å². The number of carbonyl (C=O) groups is 1. The highest BCUT2D eigenvalue weighted by Crippen LogP contribution is 2.39. The van der Waals surface area contributed by atoms with Crippen LogP contribution in [-0.2, 0) is 14.3 Å². The van der Waals surface area contributed by atoms with Crippen molar-refractivity contribution in [1.82, 2.24) is 5.32 Å². The Kier molecular flexibility index (Phi) is 7.80. The predicted molar refractivity (Wildman–Crippen MR) is 79.6 cm³/mol. The molecule has 1 aliphatic rings. The molecule has 0 spiro atoms. The van der Waals surface area contributed by atoms with Gasteiger partial charge in [-0.05, 0) is 44.9 Å². The molecule has 2 unspecified atom stereocenters. The van der Waals surface area contributed by atoms with E-state index in [2.05, 4.69) is 5.32 Å². The molecule has 5 heteroatoms. The van der Waals surface area contributed by atoms with Crippen LogP contribution in [0, 0.1) is 5.92 Å². The summed E-state index contributed by atoms with van der Waals surface area (Å²) in [6.45, 7) is 3.12. The molecule has 0 saturated heterocycles. The molecule has 1 N–H and O–H groups in total. The Labute approximate surface area is 121 Å². The fraction of sp³-hybridized carbons (Fsp3) is 0.929. The zero-order valence-corrected chi connectivity index (χ0v) is 13.2. The zero-order valence-electron chi connectivity index (χ0n) is 12.4. The molecule has 0 aliphatic heterocycles. The Hall–Kier alpha value is -0.260. The first-order valence-electron chi connectivity index (χ1n) is 7.14. The number of ether oxygens (including phenoxy) is 2. The summed E-state index contributed by atoms with van der Waals surface area (Å²) in [6, 6.07) is 0. The standard InChI is InChI=1S/C14H27NO3S/c1-4-18-13(16)14(15-2)8-5-6-12(14)7-10-19-11-9-17-3/h12,15H,4-11H2,1-3H3. The normalized spacial score (nSPS) is 26.6. The molecule has 112 valence electrons. The van der Waals surface area contributed by atoms with Gasteiger partial charge in [-0.3, -0.25) is 4.79 Å². The van der Waals surface area contributed by atoms with Crippen LogP contribution in [0.1, 0.15) is 32.6 Å². The number of rotatable bonds is 9. The van der Waals surface area contributed by atoms with Crippen molar-refractivity contribution in [2.45, 2.75) is 38.1 Å². The van der Waals surface area contributed by atoms with Crippen molar-refractivity contribution in [3.63, 3.8) is 0 Å². The first kappa shape index (κ1) is 16.8. The fourth-order valence-corrected chi connectivity index (χ4v) is 3.84. The van der Waals surface area contributed by atoms with E-state index in [1.807, 2.05) is 25.7 Å². The molecule has 1 saturated carbocycles. The minimum Gasteiger partial charge on any atom is -0.465 e. The van der Waals surface area contributed by atoms with E-state index in [1.54, 1.807) is 7.11 Å². The van der Waals surface area contributed by atoms with E-state index in [4.69, 9.17) is 9.47 Å². The smallest absolute Gasteiger partial charge is 0.326 e. The van der Waals surface area contributed by atoms with E-state index in [0.717, 1.165) is 43.8 Å². The van der Waals surface area contributed by atoms with E-state index < -0.39 is 5.54 Å². The van der Waals surface area contributed by atoms with Crippen molar-refractivity contribution in [2.75, 3.05) is 38.9 Å². The second-order valence-electron chi connectivity index (χ2n) is 4.92. The summed E-state index contributed by atoms with van der Waals surface area (Å²) >= 11 is 1.90. The highest BCUT2D eigenvalue weighted by molar-refractivity contribution is 7.99. The number of esters is 1. The largest absolute Gasteiger partial charge is 0.465 e. The van der Waals surface area contributed by atoms with Gasteiger partial charge in [0.15, 0.2) is 0 Å². The SMILES string of the molecule is CCOC(=O)C1(NC)CCCC1CCSCCOC. The predicted octanol–water partition coefficient (Wildman–Crippen LogP) is 2.08. The summed E-state index contributed by atoms with van der Waals surface area (Å²) in [4.78, 5) is 12.2. The molecule has 1 aliphatic carbocycles. The van der Waals surface area contributed by atoms with Crippen molar-refractivity contribution in [1.29, 1.82) is 0 Å². The van der Waals surface area contributed by atoms with Crippen LogP contribution in [0.25, 0.3) is 0 Å². The van der Waals surface area contributed by atoms with Gasteiger partial charge in [0.1, 0.15) is 5.54 Å². The highest BCUT2D eigenvalue weighted by Gasteiger charge is 2.48. The Morgan fingerprint density at radius 2 is 2.26 bits per heavy atom. The molecule has 2 atom stereocenters. The van der Waals surface area contributed by atoms with Crippen molar-refractivity contribution < 1.29 is 14.3 Å². The molecule has 0 aromatic heterocycles. The van der Waals surface area contributed by atoms with Crippen LogP contribution in [0.3, 0.4) is 0 Å². The minimum absolute atomic E-state index is 0.0677. The van der Waals surface area contributed by atoms with E-state index in [1.165, 1.54) is 0 Å². The first-order chi connectivity index (χ1) is 9.21. The summed E-state index contributed by atoms with van der Waals surface area (Å²) in [5.74, 6) is 2.43. The number of methoxy groups -OCH3 is 1. The van der Waals surface area contributed by atoms with Crippen molar-refractivity contribution in [2.24, 2.45) is 5.92 Å². The molecule has 1 fully saturated rings. The summed E-state index contributed by atoms with van der Waals surface area (Å²) in [6.07, 6.45) is 4.18. The molecule has 4 nitrogen and oxygen atoms in total. The van der Waals surface area contributed by atoms with Gasteiger partial charge in [0.2, 0.25) is 0 Å². The van der Waals surface area contributed by atoms with Crippen LogP contribution in [-0.4, -0.2) is 50.4 Å². The molecule has 1 rings (SSSR count). The van der Waals surface area contributed by atoms with Crippen molar-refractivity contribution in [3.8, 4) is 0 Å². The van der Waals surface area contributed by atoms with Gasteiger partial charge in [-0.2, -0.15) is 11.8 Å². The average Bonchev–Trinajstić information content (AvgIpc) is 2.83. The Bertz CT molecular complexity index is 275. The third-order valence-corrected chi connectivity index (χ3v) is 4.93. The summed E-state index contributed by atoms with van der Waals surface area (Å²) in [5, 5.41) is 3.26. The van der Waals surface area contributed by atoms with Gasteiger partial charge in [0.25, 0.3) is 0 Å². The monoisotopic (exact) mass is 289 g/mol. The van der Waals surface area contributed by atoms with Crippen LogP contribution in [0.5, 0.6) is 0 Å². The number of nitrogens with one attached hydrogen (secondary N) is 1. The molecule has 0 aromatic carbocycles. The van der Waals surface area contributed by atoms with Crippen LogP contribution in [0.4, 0.5) is 0 Å². The number of likely N-dealkylation sites (N-methyl/N-ethyl adjacent to an activating group) is 1. The topological polar surface area (TPSA) is 47.6 Å². The fourth-order valence-electron chi connectivity index (χ4n) is 2.90.